The molecule has 1 unspecified atom stereocenters. The van der Waals surface area contributed by atoms with Gasteiger partial charge in [-0.3, -0.25) is 14.6 Å². The Morgan fingerprint density at radius 1 is 1.18 bits per heavy atom. The molecule has 2 aromatic rings. The summed E-state index contributed by atoms with van der Waals surface area (Å²) in [6.07, 6.45) is 0.928. The van der Waals surface area contributed by atoms with Crippen molar-refractivity contribution in [3.05, 3.63) is 40.5 Å². The Hall–Kier alpha value is -2.87. The second kappa shape index (κ2) is 10.4. The number of hydrogen-bond donors (Lipinski definition) is 2. The molecule has 1 aliphatic heterocycles. The SMILES string of the molecule is Cc1nc2ccc(Cl)cc2cc1C(=O)N1CCCC(C(=O)NCCNC(=O)OC(C)(C)C)C1. The van der Waals surface area contributed by atoms with Crippen LogP contribution < -0.4 is 10.6 Å². The number of alkyl carbamates (subject to hydrolysis) is 1. The van der Waals surface area contributed by atoms with E-state index in [1.165, 1.54) is 0 Å². The van der Waals surface area contributed by atoms with Gasteiger partial charge < -0.3 is 20.3 Å². The first kappa shape index (κ1) is 24.8. The summed E-state index contributed by atoms with van der Waals surface area (Å²) in [7, 11) is 0. The molecule has 1 aromatic carbocycles. The molecule has 178 valence electrons. The minimum atomic E-state index is -0.573. The maximum absolute atomic E-state index is 13.2. The zero-order valence-electron chi connectivity index (χ0n) is 19.5. The average Bonchev–Trinajstić information content (AvgIpc) is 2.75. The number of carbonyl (C=O) groups excluding carboxylic acids is 3. The minimum absolute atomic E-state index is 0.126. The predicted octanol–water partition coefficient (Wildman–Crippen LogP) is 3.69. The number of fused-ring (bicyclic) bond motifs is 1. The van der Waals surface area contributed by atoms with Crippen molar-refractivity contribution in [2.24, 2.45) is 5.92 Å². The number of benzene rings is 1. The number of amides is 3. The van der Waals surface area contributed by atoms with Gasteiger partial charge in [0.2, 0.25) is 5.91 Å². The molecule has 0 radical (unpaired) electrons. The fraction of sp³-hybridized carbons (Fsp3) is 0.500. The number of piperidine rings is 1. The number of aryl methyl sites for hydroxylation is 1. The van der Waals surface area contributed by atoms with E-state index in [0.29, 0.717) is 35.8 Å². The summed E-state index contributed by atoms with van der Waals surface area (Å²) >= 11 is 6.09. The van der Waals surface area contributed by atoms with Gasteiger partial charge in [0.15, 0.2) is 0 Å². The van der Waals surface area contributed by atoms with E-state index in [0.717, 1.165) is 17.3 Å². The van der Waals surface area contributed by atoms with Crippen LogP contribution >= 0.6 is 11.6 Å². The summed E-state index contributed by atoms with van der Waals surface area (Å²) in [5.41, 5.74) is 1.38. The van der Waals surface area contributed by atoms with Gasteiger partial charge in [0.25, 0.3) is 5.91 Å². The molecule has 3 rings (SSSR count). The first-order chi connectivity index (χ1) is 15.5. The fourth-order valence-corrected chi connectivity index (χ4v) is 4.00. The van der Waals surface area contributed by atoms with Crippen LogP contribution in [0.4, 0.5) is 4.79 Å². The van der Waals surface area contributed by atoms with Crippen LogP contribution in [0.3, 0.4) is 0 Å². The molecule has 1 saturated heterocycles. The van der Waals surface area contributed by atoms with Gasteiger partial charge in [-0.25, -0.2) is 4.79 Å². The molecule has 8 nitrogen and oxygen atoms in total. The maximum Gasteiger partial charge on any atom is 0.407 e. The van der Waals surface area contributed by atoms with Gasteiger partial charge >= 0.3 is 6.09 Å². The summed E-state index contributed by atoms with van der Waals surface area (Å²) in [6.45, 7) is 8.66. The van der Waals surface area contributed by atoms with Crippen molar-refractivity contribution in [2.75, 3.05) is 26.2 Å². The Morgan fingerprint density at radius 2 is 1.91 bits per heavy atom. The third-order valence-electron chi connectivity index (χ3n) is 5.37. The van der Waals surface area contributed by atoms with E-state index in [1.807, 2.05) is 19.1 Å². The van der Waals surface area contributed by atoms with Gasteiger partial charge in [0.05, 0.1) is 22.7 Å². The molecule has 2 heterocycles. The molecule has 9 heteroatoms. The summed E-state index contributed by atoms with van der Waals surface area (Å²) in [4.78, 5) is 43.8. The van der Waals surface area contributed by atoms with Crippen molar-refractivity contribution in [3.8, 4) is 0 Å². The molecular weight excluding hydrogens is 444 g/mol. The van der Waals surface area contributed by atoms with Gasteiger partial charge in [-0.05, 0) is 64.8 Å². The van der Waals surface area contributed by atoms with E-state index >= 15 is 0 Å². The van der Waals surface area contributed by atoms with E-state index in [2.05, 4.69) is 15.6 Å². The molecule has 1 atom stereocenters. The number of carbonyl (C=O) groups is 3. The number of nitrogens with zero attached hydrogens (tertiary/aromatic N) is 2. The van der Waals surface area contributed by atoms with Crippen molar-refractivity contribution < 1.29 is 19.1 Å². The lowest BCUT2D eigenvalue weighted by Crippen LogP contribution is -2.46. The van der Waals surface area contributed by atoms with Crippen molar-refractivity contribution in [3.63, 3.8) is 0 Å². The van der Waals surface area contributed by atoms with Crippen molar-refractivity contribution in [1.29, 1.82) is 0 Å². The molecule has 1 aliphatic rings. The summed E-state index contributed by atoms with van der Waals surface area (Å²) in [5, 5.41) is 6.84. The van der Waals surface area contributed by atoms with Crippen LogP contribution in [-0.4, -0.2) is 59.6 Å². The number of ether oxygens (including phenoxy) is 1. The molecule has 0 aliphatic carbocycles. The largest absolute Gasteiger partial charge is 0.444 e. The van der Waals surface area contributed by atoms with Crippen LogP contribution in [0.2, 0.25) is 5.02 Å². The summed E-state index contributed by atoms with van der Waals surface area (Å²) in [5.74, 6) is -0.558. The highest BCUT2D eigenvalue weighted by atomic mass is 35.5. The average molecular weight is 475 g/mol. The smallest absolute Gasteiger partial charge is 0.407 e. The highest BCUT2D eigenvalue weighted by molar-refractivity contribution is 6.31. The Kier molecular flexibility index (Phi) is 7.79. The lowest BCUT2D eigenvalue weighted by Gasteiger charge is -2.32. The number of halogens is 1. The Balaban J connectivity index is 1.56. The molecule has 3 amide bonds. The van der Waals surface area contributed by atoms with Crippen molar-refractivity contribution >= 4 is 40.4 Å². The Morgan fingerprint density at radius 3 is 2.64 bits per heavy atom. The maximum atomic E-state index is 13.2. The number of rotatable bonds is 5. The van der Waals surface area contributed by atoms with Gasteiger partial charge in [-0.15, -0.1) is 0 Å². The highest BCUT2D eigenvalue weighted by Gasteiger charge is 2.29. The standard InChI is InChI=1S/C24H31ClN4O4/c1-15-19(13-17-12-18(25)7-8-20(17)28-15)22(31)29-11-5-6-16(14-29)21(30)26-9-10-27-23(32)33-24(2,3)4/h7-8,12-13,16H,5-6,9-11,14H2,1-4H3,(H,26,30)(H,27,32). The van der Waals surface area contributed by atoms with E-state index in [4.69, 9.17) is 16.3 Å². The minimum Gasteiger partial charge on any atom is -0.444 e. The lowest BCUT2D eigenvalue weighted by atomic mass is 9.96. The number of likely N-dealkylation sites (tertiary alicyclic amines) is 1. The van der Waals surface area contributed by atoms with E-state index in [1.54, 1.807) is 37.8 Å². The zero-order chi connectivity index (χ0) is 24.2. The van der Waals surface area contributed by atoms with E-state index in [9.17, 15) is 14.4 Å². The van der Waals surface area contributed by atoms with Crippen LogP contribution in [-0.2, 0) is 9.53 Å². The third-order valence-corrected chi connectivity index (χ3v) is 5.60. The van der Waals surface area contributed by atoms with Crippen LogP contribution in [0.15, 0.2) is 24.3 Å². The normalized spacial score (nSPS) is 16.4. The first-order valence-corrected chi connectivity index (χ1v) is 11.5. The fourth-order valence-electron chi connectivity index (χ4n) is 3.81. The van der Waals surface area contributed by atoms with Gasteiger partial charge in [0.1, 0.15) is 5.60 Å². The van der Waals surface area contributed by atoms with Crippen LogP contribution in [0, 0.1) is 12.8 Å². The Bertz CT molecular complexity index is 1050. The van der Waals surface area contributed by atoms with Crippen LogP contribution in [0.25, 0.3) is 10.9 Å². The summed E-state index contributed by atoms with van der Waals surface area (Å²) < 4.78 is 5.17. The molecule has 33 heavy (non-hydrogen) atoms. The third kappa shape index (κ3) is 6.81. The van der Waals surface area contributed by atoms with Crippen LogP contribution in [0.1, 0.15) is 49.7 Å². The Labute approximate surface area is 199 Å². The molecule has 0 bridgehead atoms. The molecule has 0 saturated carbocycles. The zero-order valence-corrected chi connectivity index (χ0v) is 20.3. The second-order valence-corrected chi connectivity index (χ2v) is 9.70. The number of nitrogens with one attached hydrogen (secondary N) is 2. The van der Waals surface area contributed by atoms with Gasteiger partial charge in [-0.2, -0.15) is 0 Å². The number of aromatic nitrogens is 1. The van der Waals surface area contributed by atoms with E-state index in [-0.39, 0.29) is 30.8 Å². The first-order valence-electron chi connectivity index (χ1n) is 11.1. The van der Waals surface area contributed by atoms with Crippen molar-refractivity contribution in [1.82, 2.24) is 20.5 Å². The molecule has 2 N–H and O–H groups in total. The molecule has 1 fully saturated rings. The topological polar surface area (TPSA) is 101 Å². The van der Waals surface area contributed by atoms with Crippen LogP contribution in [0.5, 0.6) is 0 Å². The van der Waals surface area contributed by atoms with E-state index < -0.39 is 11.7 Å². The quantitative estimate of drug-likeness (QED) is 0.643. The lowest BCUT2D eigenvalue weighted by molar-refractivity contribution is -0.126. The van der Waals surface area contributed by atoms with Gasteiger partial charge in [0, 0.05) is 36.6 Å². The van der Waals surface area contributed by atoms with Gasteiger partial charge in [-0.1, -0.05) is 11.6 Å². The highest BCUT2D eigenvalue weighted by Crippen LogP contribution is 2.24. The van der Waals surface area contributed by atoms with Crippen molar-refractivity contribution in [2.45, 2.75) is 46.1 Å². The number of pyridine rings is 1. The monoisotopic (exact) mass is 474 g/mol. The molecular formula is C24H31ClN4O4. The molecule has 0 spiro atoms. The second-order valence-electron chi connectivity index (χ2n) is 9.27. The molecule has 1 aromatic heterocycles. The summed E-state index contributed by atoms with van der Waals surface area (Å²) in [6, 6.07) is 7.21. The predicted molar refractivity (Wildman–Crippen MR) is 127 cm³/mol. The number of hydrogen-bond acceptors (Lipinski definition) is 5.